The van der Waals surface area contributed by atoms with Gasteiger partial charge in [0.25, 0.3) is 0 Å². The van der Waals surface area contributed by atoms with E-state index in [0.717, 1.165) is 5.56 Å². The second-order valence-corrected chi connectivity index (χ2v) is 7.56. The van der Waals surface area contributed by atoms with Gasteiger partial charge < -0.3 is 4.74 Å². The third kappa shape index (κ3) is 5.44. The van der Waals surface area contributed by atoms with E-state index in [1.807, 2.05) is 18.2 Å². The maximum absolute atomic E-state index is 11.7. The molecule has 5 heteroatoms. The fourth-order valence-corrected chi connectivity index (χ4v) is 2.29. The summed E-state index contributed by atoms with van der Waals surface area (Å²) in [6.07, 6.45) is 0.609. The summed E-state index contributed by atoms with van der Waals surface area (Å²) in [5.41, 5.74) is 0.750. The average Bonchev–Trinajstić information content (AvgIpc) is 2.40. The summed E-state index contributed by atoms with van der Waals surface area (Å²) in [6.45, 7) is 3.47. The van der Waals surface area contributed by atoms with Gasteiger partial charge in [0.2, 0.25) is 0 Å². The van der Waals surface area contributed by atoms with Gasteiger partial charge in [-0.05, 0) is 26.0 Å². The van der Waals surface area contributed by atoms with Crippen LogP contribution in [0.1, 0.15) is 25.8 Å². The van der Waals surface area contributed by atoms with E-state index in [0.29, 0.717) is 18.1 Å². The fraction of sp³-hybridized carbons (Fsp3) is 0.467. The molecule has 0 bridgehead atoms. The number of para-hydroxylation sites is 1. The molecule has 0 spiro atoms. The number of hydrogen-bond donors (Lipinski definition) is 0. The van der Waals surface area contributed by atoms with Crippen LogP contribution in [0.15, 0.2) is 24.3 Å². The van der Waals surface area contributed by atoms with Crippen molar-refractivity contribution in [1.82, 2.24) is 0 Å². The number of hydrogen-bond acceptors (Lipinski definition) is 3. The van der Waals surface area contributed by atoms with E-state index in [1.54, 1.807) is 19.9 Å². The van der Waals surface area contributed by atoms with Crippen molar-refractivity contribution in [3.8, 4) is 17.6 Å². The lowest BCUT2D eigenvalue weighted by molar-refractivity contribution is 0.339. The normalized spacial score (nSPS) is 11.0. The number of sulfone groups is 1. The summed E-state index contributed by atoms with van der Waals surface area (Å²) in [7, 11) is -3.08. The second kappa shape index (κ2) is 8.18. The highest BCUT2D eigenvalue weighted by atomic mass is 35.5. The molecule has 0 N–H and O–H groups in total. The molecule has 0 radical (unpaired) electrons. The van der Waals surface area contributed by atoms with Crippen molar-refractivity contribution in [1.29, 1.82) is 0 Å². The fourth-order valence-electron chi connectivity index (χ4n) is 1.40. The van der Waals surface area contributed by atoms with Gasteiger partial charge in [-0.15, -0.1) is 11.6 Å². The Bertz CT molecular complexity index is 583. The zero-order valence-corrected chi connectivity index (χ0v) is 13.3. The largest absolute Gasteiger partial charge is 0.491 e. The molecule has 1 aromatic rings. The Balaban J connectivity index is 2.68. The first-order chi connectivity index (χ1) is 9.47. The smallest absolute Gasteiger partial charge is 0.155 e. The predicted molar refractivity (Wildman–Crippen MR) is 83.1 cm³/mol. The Morgan fingerprint density at radius 1 is 1.30 bits per heavy atom. The van der Waals surface area contributed by atoms with Crippen LogP contribution in [0.2, 0.25) is 0 Å². The van der Waals surface area contributed by atoms with Gasteiger partial charge in [0.15, 0.2) is 9.84 Å². The first-order valence-electron chi connectivity index (χ1n) is 6.45. The maximum Gasteiger partial charge on any atom is 0.155 e. The Labute approximate surface area is 126 Å². The first-order valence-corrected chi connectivity index (χ1v) is 8.70. The molecular weight excluding hydrogens is 296 g/mol. The van der Waals surface area contributed by atoms with E-state index in [4.69, 9.17) is 16.3 Å². The summed E-state index contributed by atoms with van der Waals surface area (Å²) in [5.74, 6) is 7.01. The summed E-state index contributed by atoms with van der Waals surface area (Å²) in [4.78, 5) is 0. The quantitative estimate of drug-likeness (QED) is 0.599. The topological polar surface area (TPSA) is 43.4 Å². The van der Waals surface area contributed by atoms with Crippen LogP contribution in [0.5, 0.6) is 5.75 Å². The van der Waals surface area contributed by atoms with Gasteiger partial charge in [0.05, 0.1) is 16.6 Å². The molecule has 0 unspecified atom stereocenters. The van der Waals surface area contributed by atoms with Crippen molar-refractivity contribution in [3.05, 3.63) is 29.8 Å². The van der Waals surface area contributed by atoms with E-state index < -0.39 is 9.84 Å². The van der Waals surface area contributed by atoms with Crippen LogP contribution in [0.25, 0.3) is 0 Å². The van der Waals surface area contributed by atoms with Gasteiger partial charge in [-0.3, -0.25) is 0 Å². The van der Waals surface area contributed by atoms with Gasteiger partial charge in [-0.1, -0.05) is 24.0 Å². The van der Waals surface area contributed by atoms with Crippen molar-refractivity contribution in [2.75, 3.05) is 18.2 Å². The molecule has 0 aromatic heterocycles. The number of rotatable bonds is 6. The molecule has 0 saturated carbocycles. The Morgan fingerprint density at radius 3 is 2.65 bits per heavy atom. The molecule has 0 heterocycles. The van der Waals surface area contributed by atoms with Crippen molar-refractivity contribution in [2.24, 2.45) is 0 Å². The minimum atomic E-state index is -3.08. The summed E-state index contributed by atoms with van der Waals surface area (Å²) in [6, 6.07) is 7.32. The van der Waals surface area contributed by atoms with Crippen molar-refractivity contribution in [2.45, 2.75) is 25.5 Å². The van der Waals surface area contributed by atoms with Crippen LogP contribution < -0.4 is 4.74 Å². The van der Waals surface area contributed by atoms with Crippen LogP contribution in [0.3, 0.4) is 0 Å². The molecule has 3 nitrogen and oxygen atoms in total. The van der Waals surface area contributed by atoms with Crippen LogP contribution >= 0.6 is 11.6 Å². The third-order valence-electron chi connectivity index (χ3n) is 2.67. The molecule has 1 rings (SSSR count). The zero-order valence-electron chi connectivity index (χ0n) is 11.7. The Kier molecular flexibility index (Phi) is 6.90. The SMILES string of the molecule is CC(C)S(=O)(=O)CCOc1ccccc1C#CCCCl. The molecule has 0 amide bonds. The summed E-state index contributed by atoms with van der Waals surface area (Å²) >= 11 is 5.57. The number of ether oxygens (including phenoxy) is 1. The lowest BCUT2D eigenvalue weighted by Crippen LogP contribution is -2.22. The Morgan fingerprint density at radius 2 is 2.00 bits per heavy atom. The van der Waals surface area contributed by atoms with Crippen molar-refractivity contribution in [3.63, 3.8) is 0 Å². The molecule has 0 aliphatic rings. The highest BCUT2D eigenvalue weighted by molar-refractivity contribution is 7.91. The highest BCUT2D eigenvalue weighted by Gasteiger charge is 2.16. The zero-order chi connectivity index (χ0) is 15.0. The van der Waals surface area contributed by atoms with Crippen LogP contribution in [-0.4, -0.2) is 31.9 Å². The highest BCUT2D eigenvalue weighted by Crippen LogP contribution is 2.17. The van der Waals surface area contributed by atoms with E-state index >= 15 is 0 Å². The van der Waals surface area contributed by atoms with Gasteiger partial charge >= 0.3 is 0 Å². The first kappa shape index (κ1) is 16.9. The van der Waals surface area contributed by atoms with E-state index in [1.165, 1.54) is 0 Å². The Hall–Kier alpha value is -1.18. The number of alkyl halides is 1. The van der Waals surface area contributed by atoms with E-state index in [-0.39, 0.29) is 17.6 Å². The van der Waals surface area contributed by atoms with Gasteiger partial charge in [-0.2, -0.15) is 0 Å². The number of benzene rings is 1. The maximum atomic E-state index is 11.7. The molecule has 0 atom stereocenters. The molecule has 20 heavy (non-hydrogen) atoms. The lowest BCUT2D eigenvalue weighted by atomic mass is 10.2. The lowest BCUT2D eigenvalue weighted by Gasteiger charge is -2.10. The standard InChI is InChI=1S/C15H19ClO3S/c1-13(2)20(17,18)12-11-19-15-9-4-3-7-14(15)8-5-6-10-16/h3-4,7,9,13H,6,10-12H2,1-2H3. The third-order valence-corrected chi connectivity index (χ3v) is 5.03. The second-order valence-electron chi connectivity index (χ2n) is 4.50. The predicted octanol–water partition coefficient (Wildman–Crippen LogP) is 2.87. The van der Waals surface area contributed by atoms with E-state index in [2.05, 4.69) is 11.8 Å². The van der Waals surface area contributed by atoms with Crippen LogP contribution in [-0.2, 0) is 9.84 Å². The van der Waals surface area contributed by atoms with Crippen LogP contribution in [0, 0.1) is 11.8 Å². The molecule has 0 aliphatic heterocycles. The molecule has 0 fully saturated rings. The van der Waals surface area contributed by atoms with Crippen molar-refractivity contribution >= 4 is 21.4 Å². The molecule has 1 aromatic carbocycles. The minimum absolute atomic E-state index is 0.00805. The van der Waals surface area contributed by atoms with Gasteiger partial charge in [-0.25, -0.2) is 8.42 Å². The molecule has 0 saturated heterocycles. The molecule has 0 aliphatic carbocycles. The van der Waals surface area contributed by atoms with Crippen molar-refractivity contribution < 1.29 is 13.2 Å². The average molecular weight is 315 g/mol. The van der Waals surface area contributed by atoms with Crippen LogP contribution in [0.4, 0.5) is 0 Å². The minimum Gasteiger partial charge on any atom is -0.491 e. The number of halogens is 1. The monoisotopic (exact) mass is 314 g/mol. The summed E-state index contributed by atoms with van der Waals surface area (Å²) in [5, 5.41) is -0.384. The van der Waals surface area contributed by atoms with Gasteiger partial charge in [0, 0.05) is 12.3 Å². The summed E-state index contributed by atoms with van der Waals surface area (Å²) < 4.78 is 28.9. The van der Waals surface area contributed by atoms with E-state index in [9.17, 15) is 8.42 Å². The van der Waals surface area contributed by atoms with Gasteiger partial charge in [0.1, 0.15) is 12.4 Å². The molecular formula is C15H19ClO3S. The molecule has 110 valence electrons.